The van der Waals surface area contributed by atoms with E-state index in [-0.39, 0.29) is 0 Å². The molecule has 4 aliphatic carbocycles. The second-order valence-electron chi connectivity index (χ2n) is 7.40. The largest absolute Gasteiger partial charge is 0.0654 e. The zero-order valence-corrected chi connectivity index (χ0v) is 10.9. The third-order valence-corrected chi connectivity index (χ3v) is 6.73. The van der Waals surface area contributed by atoms with E-state index in [9.17, 15) is 0 Å². The summed E-state index contributed by atoms with van der Waals surface area (Å²) in [6.07, 6.45) is 17.3. The highest BCUT2D eigenvalue weighted by atomic mass is 14.8. The summed E-state index contributed by atoms with van der Waals surface area (Å²) in [6, 6.07) is 0. The molecule has 4 aliphatic rings. The van der Waals surface area contributed by atoms with E-state index in [2.05, 4.69) is 6.92 Å². The maximum Gasteiger partial charge on any atom is -0.0181 e. The van der Waals surface area contributed by atoms with Crippen molar-refractivity contribution in [2.75, 3.05) is 0 Å². The van der Waals surface area contributed by atoms with Gasteiger partial charge in [-0.05, 0) is 80.0 Å². The quantitative estimate of drug-likeness (QED) is 0.593. The molecule has 90 valence electrons. The van der Waals surface area contributed by atoms with Crippen LogP contribution in [0.4, 0.5) is 0 Å². The van der Waals surface area contributed by atoms with Gasteiger partial charge < -0.3 is 0 Å². The Labute approximate surface area is 100 Å². The Bertz CT molecular complexity index is 298. The van der Waals surface area contributed by atoms with Gasteiger partial charge in [0.1, 0.15) is 0 Å². The lowest BCUT2D eigenvalue weighted by Gasteiger charge is -2.36. The van der Waals surface area contributed by atoms with Crippen LogP contribution in [0.3, 0.4) is 0 Å². The fraction of sp³-hybridized carbons (Fsp3) is 1.00. The SMILES string of the molecule is CCCCC1(C2(C3(C4CC4)CC3)CC2)CC1. The highest BCUT2D eigenvalue weighted by Gasteiger charge is 2.78. The molecule has 4 rings (SSSR count). The predicted molar refractivity (Wildman–Crippen MR) is 67.3 cm³/mol. The van der Waals surface area contributed by atoms with Gasteiger partial charge in [0.05, 0.1) is 0 Å². The summed E-state index contributed by atoms with van der Waals surface area (Å²) in [7, 11) is 0. The van der Waals surface area contributed by atoms with Gasteiger partial charge >= 0.3 is 0 Å². The van der Waals surface area contributed by atoms with Crippen LogP contribution in [0.15, 0.2) is 0 Å². The summed E-state index contributed by atoms with van der Waals surface area (Å²) in [5, 5.41) is 0. The molecule has 0 bridgehead atoms. The number of hydrogen-bond donors (Lipinski definition) is 0. The summed E-state index contributed by atoms with van der Waals surface area (Å²) in [6.45, 7) is 2.36. The van der Waals surface area contributed by atoms with Crippen molar-refractivity contribution in [3.05, 3.63) is 0 Å². The highest BCUT2D eigenvalue weighted by molar-refractivity contribution is 5.27. The van der Waals surface area contributed by atoms with Crippen molar-refractivity contribution in [1.29, 1.82) is 0 Å². The van der Waals surface area contributed by atoms with Gasteiger partial charge in [0, 0.05) is 0 Å². The van der Waals surface area contributed by atoms with E-state index >= 15 is 0 Å². The average Bonchev–Trinajstić information content (AvgIpc) is 3.10. The van der Waals surface area contributed by atoms with Crippen LogP contribution in [0.2, 0.25) is 0 Å². The van der Waals surface area contributed by atoms with Crippen molar-refractivity contribution in [3.8, 4) is 0 Å². The Morgan fingerprint density at radius 1 is 0.938 bits per heavy atom. The molecule has 0 spiro atoms. The smallest absolute Gasteiger partial charge is 0.0181 e. The van der Waals surface area contributed by atoms with Gasteiger partial charge in [-0.3, -0.25) is 0 Å². The topological polar surface area (TPSA) is 0 Å². The minimum atomic E-state index is 0.877. The summed E-state index contributed by atoms with van der Waals surface area (Å²) in [5.41, 5.74) is 2.69. The Morgan fingerprint density at radius 2 is 1.62 bits per heavy atom. The van der Waals surface area contributed by atoms with E-state index in [4.69, 9.17) is 0 Å². The average molecular weight is 218 g/mol. The van der Waals surface area contributed by atoms with Crippen LogP contribution in [0.25, 0.3) is 0 Å². The molecule has 4 fully saturated rings. The second kappa shape index (κ2) is 2.87. The van der Waals surface area contributed by atoms with E-state index in [1.54, 1.807) is 57.8 Å². The summed E-state index contributed by atoms with van der Waals surface area (Å²) in [5.74, 6) is 1.19. The number of rotatable bonds is 6. The maximum atomic E-state index is 2.36. The van der Waals surface area contributed by atoms with Crippen LogP contribution in [0.1, 0.15) is 77.6 Å². The molecule has 0 heteroatoms. The van der Waals surface area contributed by atoms with Crippen molar-refractivity contribution in [2.45, 2.75) is 77.6 Å². The van der Waals surface area contributed by atoms with Crippen LogP contribution >= 0.6 is 0 Å². The molecule has 0 aromatic heterocycles. The molecular weight excluding hydrogens is 192 g/mol. The van der Waals surface area contributed by atoms with Crippen molar-refractivity contribution in [2.24, 2.45) is 22.2 Å². The lowest BCUT2D eigenvalue weighted by molar-refractivity contribution is 0.121. The van der Waals surface area contributed by atoms with E-state index in [0.717, 1.165) is 16.2 Å². The highest BCUT2D eigenvalue weighted by Crippen LogP contribution is 2.87. The van der Waals surface area contributed by atoms with E-state index in [0.29, 0.717) is 0 Å². The molecule has 0 aromatic carbocycles. The minimum absolute atomic E-state index is 0.877. The summed E-state index contributed by atoms with van der Waals surface area (Å²) >= 11 is 0. The third kappa shape index (κ3) is 1.07. The van der Waals surface area contributed by atoms with E-state index in [1.165, 1.54) is 18.8 Å². The zero-order chi connectivity index (χ0) is 10.9. The summed E-state index contributed by atoms with van der Waals surface area (Å²) in [4.78, 5) is 0. The molecule has 0 radical (unpaired) electrons. The van der Waals surface area contributed by atoms with Crippen molar-refractivity contribution in [3.63, 3.8) is 0 Å². The number of hydrogen-bond acceptors (Lipinski definition) is 0. The molecule has 0 saturated heterocycles. The zero-order valence-electron chi connectivity index (χ0n) is 10.9. The molecular formula is C16H26. The van der Waals surface area contributed by atoms with Crippen LogP contribution in [0, 0.1) is 22.2 Å². The molecule has 0 N–H and O–H groups in total. The van der Waals surface area contributed by atoms with Crippen molar-refractivity contribution >= 4 is 0 Å². The molecule has 0 heterocycles. The van der Waals surface area contributed by atoms with Gasteiger partial charge in [-0.25, -0.2) is 0 Å². The normalized spacial score (nSPS) is 35.8. The molecule has 0 nitrogen and oxygen atoms in total. The van der Waals surface area contributed by atoms with Crippen LogP contribution in [0.5, 0.6) is 0 Å². The molecule has 0 unspecified atom stereocenters. The molecule has 0 atom stereocenters. The van der Waals surface area contributed by atoms with Gasteiger partial charge in [0.25, 0.3) is 0 Å². The van der Waals surface area contributed by atoms with Crippen molar-refractivity contribution < 1.29 is 0 Å². The van der Waals surface area contributed by atoms with Gasteiger partial charge in [-0.15, -0.1) is 0 Å². The molecule has 0 amide bonds. The third-order valence-electron chi connectivity index (χ3n) is 6.73. The summed E-state index contributed by atoms with van der Waals surface area (Å²) < 4.78 is 0. The lowest BCUT2D eigenvalue weighted by atomic mass is 9.68. The minimum Gasteiger partial charge on any atom is -0.0654 e. The second-order valence-corrected chi connectivity index (χ2v) is 7.40. The first kappa shape index (κ1) is 9.97. The maximum absolute atomic E-state index is 2.36. The Kier molecular flexibility index (Phi) is 1.79. The predicted octanol–water partition coefficient (Wildman–Crippen LogP) is 4.93. The van der Waals surface area contributed by atoms with Crippen LogP contribution < -0.4 is 0 Å². The monoisotopic (exact) mass is 218 g/mol. The Hall–Kier alpha value is 0. The van der Waals surface area contributed by atoms with Gasteiger partial charge in [0.2, 0.25) is 0 Å². The van der Waals surface area contributed by atoms with Gasteiger partial charge in [-0.2, -0.15) is 0 Å². The lowest BCUT2D eigenvalue weighted by Crippen LogP contribution is -2.30. The van der Waals surface area contributed by atoms with Crippen molar-refractivity contribution in [1.82, 2.24) is 0 Å². The molecule has 16 heavy (non-hydrogen) atoms. The standard InChI is InChI=1S/C16H26/c1-2-3-6-14(7-8-14)16(11-12-16)15(9-10-15)13-4-5-13/h13H,2-12H2,1H3. The molecule has 0 aliphatic heterocycles. The van der Waals surface area contributed by atoms with E-state index < -0.39 is 0 Å². The van der Waals surface area contributed by atoms with Crippen LogP contribution in [-0.4, -0.2) is 0 Å². The molecule has 4 saturated carbocycles. The first-order valence-corrected chi connectivity index (χ1v) is 7.79. The Morgan fingerprint density at radius 3 is 2.00 bits per heavy atom. The fourth-order valence-corrected chi connectivity index (χ4v) is 5.36. The Balaban J connectivity index is 1.57. The first-order valence-electron chi connectivity index (χ1n) is 7.79. The van der Waals surface area contributed by atoms with Gasteiger partial charge in [0.15, 0.2) is 0 Å². The first-order chi connectivity index (χ1) is 7.79. The number of unbranched alkanes of at least 4 members (excludes halogenated alkanes) is 1. The van der Waals surface area contributed by atoms with Gasteiger partial charge in [-0.1, -0.05) is 19.8 Å². The van der Waals surface area contributed by atoms with E-state index in [1.807, 2.05) is 0 Å². The van der Waals surface area contributed by atoms with Crippen LogP contribution in [-0.2, 0) is 0 Å². The molecule has 0 aromatic rings. The fourth-order valence-electron chi connectivity index (χ4n) is 5.36.